The first kappa shape index (κ1) is 13.5. The molecule has 1 aromatic carbocycles. The molecule has 0 heterocycles. The molecular weight excluding hydrogens is 208 g/mol. The van der Waals surface area contributed by atoms with Gasteiger partial charge in [-0.1, -0.05) is 74.6 Å². The Kier molecular flexibility index (Phi) is 6.05. The number of hydrogen-bond donors (Lipinski definition) is 1. The van der Waals surface area contributed by atoms with Crippen LogP contribution in [-0.2, 0) is 0 Å². The van der Waals surface area contributed by atoms with Crippen molar-refractivity contribution in [1.29, 1.82) is 0 Å². The number of aliphatic hydroxyl groups is 1. The van der Waals surface area contributed by atoms with Crippen LogP contribution in [0, 0.1) is 0 Å². The van der Waals surface area contributed by atoms with Crippen molar-refractivity contribution < 1.29 is 5.11 Å². The first-order valence-corrected chi connectivity index (χ1v) is 5.94. The zero-order valence-electron chi connectivity index (χ0n) is 10.5. The summed E-state index contributed by atoms with van der Waals surface area (Å²) in [5.74, 6) is 0.580. The molecule has 1 nitrogen and oxygen atoms in total. The van der Waals surface area contributed by atoms with Crippen molar-refractivity contribution in [3.8, 4) is 0 Å². The highest BCUT2D eigenvalue weighted by Gasteiger charge is 1.96. The van der Waals surface area contributed by atoms with Crippen LogP contribution in [0.4, 0.5) is 0 Å². The number of aliphatic hydroxyl groups excluding tert-OH is 1. The zero-order valence-corrected chi connectivity index (χ0v) is 10.5. The molecule has 0 saturated carbocycles. The lowest BCUT2D eigenvalue weighted by atomic mass is 10.0. The van der Waals surface area contributed by atoms with Crippen LogP contribution in [-0.4, -0.2) is 11.7 Å². The molecule has 17 heavy (non-hydrogen) atoms. The van der Waals surface area contributed by atoms with Gasteiger partial charge in [-0.05, 0) is 17.0 Å². The summed E-state index contributed by atoms with van der Waals surface area (Å²) in [6.07, 6.45) is 11.4. The van der Waals surface area contributed by atoms with Gasteiger partial charge in [-0.25, -0.2) is 0 Å². The van der Waals surface area contributed by atoms with E-state index in [1.165, 1.54) is 11.1 Å². The summed E-state index contributed by atoms with van der Waals surface area (Å²) in [4.78, 5) is 0. The topological polar surface area (TPSA) is 20.2 Å². The van der Waals surface area contributed by atoms with Crippen LogP contribution in [0.5, 0.6) is 0 Å². The summed E-state index contributed by atoms with van der Waals surface area (Å²) in [5, 5.41) is 8.53. The molecule has 0 spiro atoms. The fraction of sp³-hybridized carbons (Fsp3) is 0.250. The van der Waals surface area contributed by atoms with E-state index in [1.807, 2.05) is 24.3 Å². The molecule has 0 saturated heterocycles. The van der Waals surface area contributed by atoms with Crippen LogP contribution in [0.1, 0.15) is 30.9 Å². The maximum atomic E-state index is 8.53. The van der Waals surface area contributed by atoms with Crippen LogP contribution in [0.25, 0.3) is 6.08 Å². The first-order chi connectivity index (χ1) is 8.24. The third-order valence-corrected chi connectivity index (χ3v) is 2.47. The first-order valence-electron chi connectivity index (χ1n) is 5.94. The second-order valence-electron chi connectivity index (χ2n) is 4.18. The van der Waals surface area contributed by atoms with Gasteiger partial charge in [0.05, 0.1) is 6.61 Å². The normalized spacial score (nSPS) is 12.5. The second kappa shape index (κ2) is 7.64. The summed E-state index contributed by atoms with van der Waals surface area (Å²) >= 11 is 0. The predicted octanol–water partition coefficient (Wildman–Crippen LogP) is 3.93. The molecule has 1 rings (SSSR count). The third kappa shape index (κ3) is 5.32. The highest BCUT2D eigenvalue weighted by Crippen LogP contribution is 2.15. The van der Waals surface area contributed by atoms with Crippen LogP contribution in [0.15, 0.2) is 54.6 Å². The molecule has 0 aliphatic heterocycles. The van der Waals surface area contributed by atoms with Crippen LogP contribution in [0.2, 0.25) is 0 Å². The molecule has 1 aromatic rings. The largest absolute Gasteiger partial charge is 0.392 e. The predicted molar refractivity (Wildman–Crippen MR) is 74.9 cm³/mol. The van der Waals surface area contributed by atoms with E-state index in [1.54, 1.807) is 6.08 Å². The third-order valence-electron chi connectivity index (χ3n) is 2.47. The van der Waals surface area contributed by atoms with Crippen LogP contribution < -0.4 is 0 Å². The molecule has 1 N–H and O–H groups in total. The Bertz CT molecular complexity index is 394. The molecule has 0 bridgehead atoms. The number of allylic oxidation sites excluding steroid dienone is 4. The molecule has 0 unspecified atom stereocenters. The van der Waals surface area contributed by atoms with E-state index in [-0.39, 0.29) is 6.61 Å². The average Bonchev–Trinajstić information content (AvgIpc) is 2.34. The van der Waals surface area contributed by atoms with Gasteiger partial charge in [0.1, 0.15) is 0 Å². The van der Waals surface area contributed by atoms with E-state index in [4.69, 9.17) is 5.11 Å². The minimum Gasteiger partial charge on any atom is -0.392 e. The van der Waals surface area contributed by atoms with Gasteiger partial charge in [0.2, 0.25) is 0 Å². The van der Waals surface area contributed by atoms with Gasteiger partial charge in [0.25, 0.3) is 0 Å². The highest BCUT2D eigenvalue weighted by molar-refractivity contribution is 5.51. The van der Waals surface area contributed by atoms with E-state index in [0.29, 0.717) is 5.92 Å². The lowest BCUT2D eigenvalue weighted by Crippen LogP contribution is -1.85. The van der Waals surface area contributed by atoms with E-state index in [2.05, 4.69) is 44.2 Å². The molecule has 0 fully saturated rings. The Hall–Kier alpha value is -1.60. The highest BCUT2D eigenvalue weighted by atomic mass is 16.2. The van der Waals surface area contributed by atoms with Crippen LogP contribution >= 0.6 is 0 Å². The lowest BCUT2D eigenvalue weighted by molar-refractivity contribution is 0.343. The van der Waals surface area contributed by atoms with Gasteiger partial charge in [-0.3, -0.25) is 0 Å². The quantitative estimate of drug-likeness (QED) is 0.757. The van der Waals surface area contributed by atoms with Crippen LogP contribution in [0.3, 0.4) is 0 Å². The SMILES string of the molecule is CC(C)c1ccc(C=C/C=C/C=C/CO)cc1. The smallest absolute Gasteiger partial charge is 0.0615 e. The summed E-state index contributed by atoms with van der Waals surface area (Å²) in [5.41, 5.74) is 2.56. The van der Waals surface area contributed by atoms with Crippen molar-refractivity contribution in [3.05, 3.63) is 65.8 Å². The van der Waals surface area contributed by atoms with E-state index in [0.717, 1.165) is 0 Å². The monoisotopic (exact) mass is 228 g/mol. The van der Waals surface area contributed by atoms with Gasteiger partial charge >= 0.3 is 0 Å². The molecule has 90 valence electrons. The summed E-state index contributed by atoms with van der Waals surface area (Å²) in [7, 11) is 0. The fourth-order valence-corrected chi connectivity index (χ4v) is 1.43. The Morgan fingerprint density at radius 1 is 1.00 bits per heavy atom. The van der Waals surface area contributed by atoms with Gasteiger partial charge < -0.3 is 5.11 Å². The molecule has 1 heteroatoms. The summed E-state index contributed by atoms with van der Waals surface area (Å²) < 4.78 is 0. The molecule has 0 aromatic heterocycles. The van der Waals surface area contributed by atoms with Gasteiger partial charge in [-0.15, -0.1) is 0 Å². The number of hydrogen-bond acceptors (Lipinski definition) is 1. The maximum Gasteiger partial charge on any atom is 0.0615 e. The van der Waals surface area contributed by atoms with Gasteiger partial charge in [0, 0.05) is 0 Å². The van der Waals surface area contributed by atoms with Crippen molar-refractivity contribution in [2.45, 2.75) is 19.8 Å². The standard InChI is InChI=1S/C16H20O/c1-14(2)16-11-9-15(10-12-16)8-6-4-3-5-7-13-17/h3-12,14,17H,13H2,1-2H3/b4-3+,7-5+,8-6?. The summed E-state index contributed by atoms with van der Waals surface area (Å²) in [6, 6.07) is 8.59. The van der Waals surface area contributed by atoms with Crippen molar-refractivity contribution >= 4 is 6.08 Å². The van der Waals surface area contributed by atoms with E-state index >= 15 is 0 Å². The van der Waals surface area contributed by atoms with Crippen molar-refractivity contribution in [2.24, 2.45) is 0 Å². The Morgan fingerprint density at radius 2 is 1.65 bits per heavy atom. The zero-order chi connectivity index (χ0) is 12.5. The maximum absolute atomic E-state index is 8.53. The Labute approximate surface area is 104 Å². The molecule has 0 amide bonds. The average molecular weight is 228 g/mol. The molecule has 0 atom stereocenters. The molecule has 0 aliphatic rings. The van der Waals surface area contributed by atoms with Crippen molar-refractivity contribution in [1.82, 2.24) is 0 Å². The van der Waals surface area contributed by atoms with Crippen molar-refractivity contribution in [3.63, 3.8) is 0 Å². The minimum absolute atomic E-state index is 0.0880. The van der Waals surface area contributed by atoms with Gasteiger partial charge in [-0.2, -0.15) is 0 Å². The molecule has 0 radical (unpaired) electrons. The Morgan fingerprint density at radius 3 is 2.24 bits per heavy atom. The minimum atomic E-state index is 0.0880. The van der Waals surface area contributed by atoms with Crippen molar-refractivity contribution in [2.75, 3.05) is 6.61 Å². The molecular formula is C16H20O. The second-order valence-corrected chi connectivity index (χ2v) is 4.18. The molecule has 0 aliphatic carbocycles. The lowest BCUT2D eigenvalue weighted by Gasteiger charge is -2.04. The van der Waals surface area contributed by atoms with E-state index < -0.39 is 0 Å². The van der Waals surface area contributed by atoms with Gasteiger partial charge in [0.15, 0.2) is 0 Å². The Balaban J connectivity index is 2.54. The number of rotatable bonds is 5. The van der Waals surface area contributed by atoms with E-state index in [9.17, 15) is 0 Å². The number of benzene rings is 1. The summed E-state index contributed by atoms with van der Waals surface area (Å²) in [6.45, 7) is 4.48. The fourth-order valence-electron chi connectivity index (χ4n) is 1.43.